The summed E-state index contributed by atoms with van der Waals surface area (Å²) in [6.45, 7) is 3.19. The lowest BCUT2D eigenvalue weighted by Gasteiger charge is -2.24. The molecule has 7 nitrogen and oxygen atoms in total. The van der Waals surface area contributed by atoms with Crippen molar-refractivity contribution in [1.29, 1.82) is 0 Å². The average Bonchev–Trinajstić information content (AvgIpc) is 3.15. The second-order valence-corrected chi connectivity index (χ2v) is 8.73. The molecule has 7 heteroatoms. The van der Waals surface area contributed by atoms with Crippen molar-refractivity contribution in [2.24, 2.45) is 0 Å². The van der Waals surface area contributed by atoms with Gasteiger partial charge in [-0.2, -0.15) is 0 Å². The Labute approximate surface area is 197 Å². The van der Waals surface area contributed by atoms with Crippen molar-refractivity contribution in [2.75, 3.05) is 18.5 Å². The Hall–Kier alpha value is -4.13. The normalized spacial score (nSPS) is 12.4. The van der Waals surface area contributed by atoms with E-state index in [0.717, 1.165) is 22.3 Å². The van der Waals surface area contributed by atoms with Crippen LogP contribution in [0.3, 0.4) is 0 Å². The monoisotopic (exact) mass is 458 g/mol. The number of carbonyl (C=O) groups excluding carboxylic acids is 2. The van der Waals surface area contributed by atoms with Crippen LogP contribution in [0, 0.1) is 0 Å². The third kappa shape index (κ3) is 4.64. The molecule has 0 radical (unpaired) electrons. The van der Waals surface area contributed by atoms with Crippen LogP contribution in [-0.2, 0) is 19.7 Å². The van der Waals surface area contributed by atoms with E-state index in [0.29, 0.717) is 11.3 Å². The number of rotatable bonds is 7. The van der Waals surface area contributed by atoms with Gasteiger partial charge in [0.15, 0.2) is 0 Å². The first-order valence-corrected chi connectivity index (χ1v) is 11.0. The van der Waals surface area contributed by atoms with E-state index < -0.39 is 29.9 Å². The molecular formula is C27H26N2O5. The Morgan fingerprint density at radius 3 is 2.00 bits per heavy atom. The molecule has 0 fully saturated rings. The Balaban J connectivity index is 1.38. The van der Waals surface area contributed by atoms with Crippen LogP contribution in [0.25, 0.3) is 11.1 Å². The maximum absolute atomic E-state index is 12.5. The lowest BCUT2D eigenvalue weighted by molar-refractivity contribution is -0.138. The smallest absolute Gasteiger partial charge is 0.411 e. The summed E-state index contributed by atoms with van der Waals surface area (Å²) in [6, 6.07) is 23.1. The van der Waals surface area contributed by atoms with E-state index in [4.69, 9.17) is 9.84 Å². The maximum Gasteiger partial charge on any atom is 0.411 e. The molecule has 3 N–H and O–H groups in total. The number of carboxylic acids is 1. The summed E-state index contributed by atoms with van der Waals surface area (Å²) in [5.41, 5.74) is 4.90. The number of carboxylic acid groups (broad SMARTS) is 1. The summed E-state index contributed by atoms with van der Waals surface area (Å²) in [5, 5.41) is 13.9. The molecule has 0 saturated heterocycles. The van der Waals surface area contributed by atoms with Gasteiger partial charge in [0.2, 0.25) is 5.91 Å². The van der Waals surface area contributed by atoms with Crippen LogP contribution in [0.1, 0.15) is 36.5 Å². The summed E-state index contributed by atoms with van der Waals surface area (Å²) in [6.07, 6.45) is -0.562. The molecule has 4 rings (SSSR count). The number of hydrogen-bond donors (Lipinski definition) is 3. The summed E-state index contributed by atoms with van der Waals surface area (Å²) in [4.78, 5) is 35.5. The molecule has 1 aliphatic rings. The van der Waals surface area contributed by atoms with Gasteiger partial charge in [-0.3, -0.25) is 14.9 Å². The largest absolute Gasteiger partial charge is 0.480 e. The van der Waals surface area contributed by atoms with E-state index >= 15 is 0 Å². The van der Waals surface area contributed by atoms with Gasteiger partial charge in [0.05, 0.1) is 5.41 Å². The Bertz CT molecular complexity index is 1190. The molecule has 0 spiro atoms. The number of amides is 2. The summed E-state index contributed by atoms with van der Waals surface area (Å²) in [7, 11) is 0. The van der Waals surface area contributed by atoms with Gasteiger partial charge in [-0.25, -0.2) is 4.79 Å². The highest BCUT2D eigenvalue weighted by Crippen LogP contribution is 2.44. The standard InChI is InChI=1S/C27H26N2O5/c1-27(2,25(32)28-15-24(30)31)17-11-13-18(14-12-17)29-26(33)34-16-23-21-9-5-3-7-19(21)20-8-4-6-10-22(20)23/h3-14,23H,15-16H2,1-2H3,(H,28,32)(H,29,33)(H,30,31). The molecular weight excluding hydrogens is 432 g/mol. The van der Waals surface area contributed by atoms with E-state index in [2.05, 4.69) is 34.9 Å². The molecule has 1 aliphatic carbocycles. The van der Waals surface area contributed by atoms with Gasteiger partial charge in [0, 0.05) is 11.6 Å². The number of fused-ring (bicyclic) bond motifs is 3. The van der Waals surface area contributed by atoms with Gasteiger partial charge in [-0.15, -0.1) is 0 Å². The Morgan fingerprint density at radius 2 is 1.44 bits per heavy atom. The van der Waals surface area contributed by atoms with Gasteiger partial charge in [0.1, 0.15) is 13.2 Å². The zero-order valence-electron chi connectivity index (χ0n) is 19.0. The van der Waals surface area contributed by atoms with Crippen LogP contribution >= 0.6 is 0 Å². The Morgan fingerprint density at radius 1 is 0.882 bits per heavy atom. The number of anilines is 1. The first-order valence-electron chi connectivity index (χ1n) is 11.0. The summed E-state index contributed by atoms with van der Waals surface area (Å²) >= 11 is 0. The zero-order chi connectivity index (χ0) is 24.3. The number of carbonyl (C=O) groups is 3. The minimum atomic E-state index is -1.10. The summed E-state index contributed by atoms with van der Waals surface area (Å²) in [5.74, 6) is -1.52. The van der Waals surface area contributed by atoms with Gasteiger partial charge in [-0.05, 0) is 53.8 Å². The highest BCUT2D eigenvalue weighted by molar-refractivity contribution is 5.90. The van der Waals surface area contributed by atoms with E-state index in [1.54, 1.807) is 38.1 Å². The van der Waals surface area contributed by atoms with Gasteiger partial charge < -0.3 is 15.2 Å². The molecule has 0 heterocycles. The van der Waals surface area contributed by atoms with Crippen molar-refractivity contribution in [3.8, 4) is 11.1 Å². The number of benzene rings is 3. The van der Waals surface area contributed by atoms with Crippen LogP contribution < -0.4 is 10.6 Å². The van der Waals surface area contributed by atoms with Crippen molar-refractivity contribution in [2.45, 2.75) is 25.2 Å². The molecule has 0 aliphatic heterocycles. The highest BCUT2D eigenvalue weighted by Gasteiger charge is 2.30. The van der Waals surface area contributed by atoms with E-state index in [1.165, 1.54) is 0 Å². The second-order valence-electron chi connectivity index (χ2n) is 8.73. The van der Waals surface area contributed by atoms with Gasteiger partial charge in [0.25, 0.3) is 0 Å². The molecule has 34 heavy (non-hydrogen) atoms. The third-order valence-corrected chi connectivity index (χ3v) is 6.16. The average molecular weight is 459 g/mol. The van der Waals surface area contributed by atoms with Crippen molar-refractivity contribution < 1.29 is 24.2 Å². The number of aliphatic carboxylic acids is 1. The molecule has 0 aromatic heterocycles. The fourth-order valence-corrected chi connectivity index (χ4v) is 4.23. The first-order chi connectivity index (χ1) is 16.3. The highest BCUT2D eigenvalue weighted by atomic mass is 16.5. The zero-order valence-corrected chi connectivity index (χ0v) is 19.0. The lowest BCUT2D eigenvalue weighted by atomic mass is 9.83. The van der Waals surface area contributed by atoms with Gasteiger partial charge in [-0.1, -0.05) is 60.7 Å². The van der Waals surface area contributed by atoms with Gasteiger partial charge >= 0.3 is 12.1 Å². The molecule has 0 bridgehead atoms. The van der Waals surface area contributed by atoms with Crippen molar-refractivity contribution >= 4 is 23.7 Å². The molecule has 3 aromatic carbocycles. The third-order valence-electron chi connectivity index (χ3n) is 6.16. The van der Waals surface area contributed by atoms with E-state index in [1.807, 2.05) is 24.3 Å². The molecule has 3 aromatic rings. The fourth-order valence-electron chi connectivity index (χ4n) is 4.23. The SMILES string of the molecule is CC(C)(C(=O)NCC(=O)O)c1ccc(NC(=O)OCC2c3ccccc3-c3ccccc32)cc1. The molecule has 0 unspecified atom stereocenters. The first kappa shape index (κ1) is 23.0. The molecule has 0 saturated carbocycles. The van der Waals surface area contributed by atoms with Crippen LogP contribution in [-0.4, -0.2) is 36.2 Å². The van der Waals surface area contributed by atoms with Crippen LogP contribution in [0.4, 0.5) is 10.5 Å². The molecule has 174 valence electrons. The molecule has 0 atom stereocenters. The molecule has 2 amide bonds. The second kappa shape index (κ2) is 9.39. The predicted molar refractivity (Wildman–Crippen MR) is 129 cm³/mol. The maximum atomic E-state index is 12.5. The van der Waals surface area contributed by atoms with E-state index in [-0.39, 0.29) is 12.5 Å². The van der Waals surface area contributed by atoms with Crippen LogP contribution in [0.15, 0.2) is 72.8 Å². The Kier molecular flexibility index (Phi) is 6.36. The van der Waals surface area contributed by atoms with Crippen molar-refractivity contribution in [3.05, 3.63) is 89.5 Å². The van der Waals surface area contributed by atoms with Crippen LogP contribution in [0.2, 0.25) is 0 Å². The number of ether oxygens (including phenoxy) is 1. The van der Waals surface area contributed by atoms with Crippen molar-refractivity contribution in [3.63, 3.8) is 0 Å². The predicted octanol–water partition coefficient (Wildman–Crippen LogP) is 4.53. The quantitative estimate of drug-likeness (QED) is 0.483. The fraction of sp³-hybridized carbons (Fsp3) is 0.222. The lowest BCUT2D eigenvalue weighted by Crippen LogP contribution is -2.42. The minimum Gasteiger partial charge on any atom is -0.480 e. The van der Waals surface area contributed by atoms with Crippen molar-refractivity contribution in [1.82, 2.24) is 5.32 Å². The van der Waals surface area contributed by atoms with Crippen LogP contribution in [0.5, 0.6) is 0 Å². The topological polar surface area (TPSA) is 105 Å². The van der Waals surface area contributed by atoms with E-state index in [9.17, 15) is 14.4 Å². The number of hydrogen-bond acceptors (Lipinski definition) is 4. The minimum absolute atomic E-state index is 0.0226. The summed E-state index contributed by atoms with van der Waals surface area (Å²) < 4.78 is 5.56. The number of nitrogens with one attached hydrogen (secondary N) is 2.